The van der Waals surface area contributed by atoms with Gasteiger partial charge in [-0.1, -0.05) is 18.3 Å². The number of nitrogens with two attached hydrogens (primary N) is 1. The predicted molar refractivity (Wildman–Crippen MR) is 86.7 cm³/mol. The van der Waals surface area contributed by atoms with E-state index in [0.29, 0.717) is 5.13 Å². The van der Waals surface area contributed by atoms with Crippen molar-refractivity contribution >= 4 is 32.9 Å². The van der Waals surface area contributed by atoms with Gasteiger partial charge in [0.25, 0.3) is 0 Å². The van der Waals surface area contributed by atoms with E-state index in [-0.39, 0.29) is 0 Å². The third-order valence-electron chi connectivity index (χ3n) is 3.63. The summed E-state index contributed by atoms with van der Waals surface area (Å²) in [5, 5.41) is 3.74. The van der Waals surface area contributed by atoms with E-state index >= 15 is 0 Å². The number of aryl methyl sites for hydroxylation is 1. The van der Waals surface area contributed by atoms with Crippen LogP contribution in [0.4, 0.5) is 10.3 Å². The van der Waals surface area contributed by atoms with Crippen LogP contribution in [0.1, 0.15) is 12.6 Å². The van der Waals surface area contributed by atoms with E-state index in [9.17, 15) is 0 Å². The maximum Gasteiger partial charge on any atom is 0.186 e. The summed E-state index contributed by atoms with van der Waals surface area (Å²) in [6, 6.07) is 0. The second-order valence-corrected chi connectivity index (χ2v) is 6.77. The molecule has 3 heterocycles. The van der Waals surface area contributed by atoms with E-state index in [1.165, 1.54) is 11.3 Å². The summed E-state index contributed by atoms with van der Waals surface area (Å²) >= 11 is 3.21. The first-order chi connectivity index (χ1) is 9.67. The Hall–Kier alpha value is -1.18. The standard InChI is InChI=1S/C13H19N5S2/c1-3-17-4-6-18(7-5-17)13-15-9(2)11(20-13)10-8-19-12(14)16-10/h8H,3-7H2,1-2H3,(H2,14,16). The molecule has 3 rings (SSSR count). The summed E-state index contributed by atoms with van der Waals surface area (Å²) in [5.41, 5.74) is 7.73. The second-order valence-electron chi connectivity index (χ2n) is 4.90. The molecule has 2 aromatic heterocycles. The molecule has 0 bridgehead atoms. The van der Waals surface area contributed by atoms with Crippen LogP contribution < -0.4 is 10.6 Å². The molecule has 1 aliphatic rings. The van der Waals surface area contributed by atoms with E-state index in [0.717, 1.165) is 54.1 Å². The minimum Gasteiger partial charge on any atom is -0.375 e. The lowest BCUT2D eigenvalue weighted by atomic mass is 10.3. The van der Waals surface area contributed by atoms with Crippen LogP contribution in [0.25, 0.3) is 10.6 Å². The van der Waals surface area contributed by atoms with Crippen molar-refractivity contribution in [2.24, 2.45) is 0 Å². The molecule has 2 aromatic rings. The molecule has 1 aliphatic heterocycles. The van der Waals surface area contributed by atoms with Crippen LogP contribution in [-0.2, 0) is 0 Å². The minimum atomic E-state index is 0.617. The van der Waals surface area contributed by atoms with Gasteiger partial charge in [0, 0.05) is 31.6 Å². The zero-order valence-electron chi connectivity index (χ0n) is 11.8. The molecule has 0 amide bonds. The molecule has 0 aromatic carbocycles. The smallest absolute Gasteiger partial charge is 0.186 e. The van der Waals surface area contributed by atoms with Gasteiger partial charge < -0.3 is 15.5 Å². The summed E-state index contributed by atoms with van der Waals surface area (Å²) < 4.78 is 0. The molecular weight excluding hydrogens is 290 g/mol. The highest BCUT2D eigenvalue weighted by molar-refractivity contribution is 7.19. The molecule has 0 unspecified atom stereocenters. The number of nitrogen functional groups attached to an aromatic ring is 1. The molecular formula is C13H19N5S2. The van der Waals surface area contributed by atoms with Gasteiger partial charge in [0.05, 0.1) is 16.3 Å². The SMILES string of the molecule is CCN1CCN(c2nc(C)c(-c3csc(N)n3)s2)CC1. The van der Waals surface area contributed by atoms with Gasteiger partial charge in [0.2, 0.25) is 0 Å². The highest BCUT2D eigenvalue weighted by Crippen LogP contribution is 2.35. The number of hydrogen-bond donors (Lipinski definition) is 1. The molecule has 20 heavy (non-hydrogen) atoms. The first-order valence-corrected chi connectivity index (χ1v) is 8.53. The fourth-order valence-corrected chi connectivity index (χ4v) is 4.11. The van der Waals surface area contributed by atoms with E-state index in [1.54, 1.807) is 11.3 Å². The molecule has 1 saturated heterocycles. The number of likely N-dealkylation sites (N-methyl/N-ethyl adjacent to an activating group) is 1. The van der Waals surface area contributed by atoms with Crippen LogP contribution in [0.5, 0.6) is 0 Å². The Balaban J connectivity index is 1.79. The number of anilines is 2. The maximum atomic E-state index is 5.72. The first-order valence-electron chi connectivity index (χ1n) is 6.83. The van der Waals surface area contributed by atoms with Gasteiger partial charge in [-0.3, -0.25) is 0 Å². The van der Waals surface area contributed by atoms with Gasteiger partial charge in [-0.25, -0.2) is 9.97 Å². The van der Waals surface area contributed by atoms with E-state index in [2.05, 4.69) is 21.7 Å². The monoisotopic (exact) mass is 309 g/mol. The Morgan fingerprint density at radius 3 is 2.60 bits per heavy atom. The quantitative estimate of drug-likeness (QED) is 0.943. The Kier molecular flexibility index (Phi) is 3.91. The van der Waals surface area contributed by atoms with Gasteiger partial charge in [0.1, 0.15) is 0 Å². The summed E-state index contributed by atoms with van der Waals surface area (Å²) in [5.74, 6) is 0. The fraction of sp³-hybridized carbons (Fsp3) is 0.538. The van der Waals surface area contributed by atoms with Crippen molar-refractivity contribution in [3.05, 3.63) is 11.1 Å². The highest BCUT2D eigenvalue weighted by Gasteiger charge is 2.20. The van der Waals surface area contributed by atoms with E-state index in [4.69, 9.17) is 10.7 Å². The van der Waals surface area contributed by atoms with E-state index < -0.39 is 0 Å². The summed E-state index contributed by atoms with van der Waals surface area (Å²) in [6.07, 6.45) is 0. The van der Waals surface area contributed by atoms with Crippen LogP contribution >= 0.6 is 22.7 Å². The van der Waals surface area contributed by atoms with Crippen molar-refractivity contribution in [3.63, 3.8) is 0 Å². The van der Waals surface area contributed by atoms with Gasteiger partial charge in [-0.05, 0) is 13.5 Å². The Morgan fingerprint density at radius 1 is 1.25 bits per heavy atom. The molecule has 0 radical (unpaired) electrons. The summed E-state index contributed by atoms with van der Waals surface area (Å²) in [6.45, 7) is 9.75. The van der Waals surface area contributed by atoms with E-state index in [1.807, 2.05) is 12.3 Å². The average molecular weight is 309 g/mol. The largest absolute Gasteiger partial charge is 0.375 e. The topological polar surface area (TPSA) is 58.3 Å². The van der Waals surface area contributed by atoms with Crippen LogP contribution in [0.2, 0.25) is 0 Å². The van der Waals surface area contributed by atoms with Crippen molar-refractivity contribution in [2.75, 3.05) is 43.4 Å². The molecule has 2 N–H and O–H groups in total. The third-order valence-corrected chi connectivity index (χ3v) is 5.54. The lowest BCUT2D eigenvalue weighted by Crippen LogP contribution is -2.46. The number of rotatable bonds is 3. The molecule has 5 nitrogen and oxygen atoms in total. The number of hydrogen-bond acceptors (Lipinski definition) is 7. The first kappa shape index (κ1) is 13.8. The van der Waals surface area contributed by atoms with Crippen molar-refractivity contribution < 1.29 is 0 Å². The zero-order chi connectivity index (χ0) is 14.1. The van der Waals surface area contributed by atoms with Crippen LogP contribution in [0.3, 0.4) is 0 Å². The number of piperazine rings is 1. The van der Waals surface area contributed by atoms with Crippen molar-refractivity contribution in [2.45, 2.75) is 13.8 Å². The molecule has 1 fully saturated rings. The van der Waals surface area contributed by atoms with Crippen LogP contribution in [0, 0.1) is 6.92 Å². The number of aromatic nitrogens is 2. The van der Waals surface area contributed by atoms with Gasteiger partial charge in [-0.15, -0.1) is 11.3 Å². The molecule has 0 aliphatic carbocycles. The third kappa shape index (κ3) is 2.65. The molecule has 0 atom stereocenters. The number of nitrogens with zero attached hydrogens (tertiary/aromatic N) is 4. The minimum absolute atomic E-state index is 0.617. The summed E-state index contributed by atoms with van der Waals surface area (Å²) in [7, 11) is 0. The Labute approximate surface area is 127 Å². The van der Waals surface area contributed by atoms with Crippen LogP contribution in [-0.4, -0.2) is 47.6 Å². The average Bonchev–Trinajstić information content (AvgIpc) is 3.05. The zero-order valence-corrected chi connectivity index (χ0v) is 13.4. The predicted octanol–water partition coefficient (Wildman–Crippen LogP) is 2.30. The number of thiazole rings is 2. The van der Waals surface area contributed by atoms with Gasteiger partial charge >= 0.3 is 0 Å². The van der Waals surface area contributed by atoms with Crippen molar-refractivity contribution in [3.8, 4) is 10.6 Å². The highest BCUT2D eigenvalue weighted by atomic mass is 32.1. The summed E-state index contributed by atoms with van der Waals surface area (Å²) in [4.78, 5) is 15.1. The Morgan fingerprint density at radius 2 is 2.00 bits per heavy atom. The van der Waals surface area contributed by atoms with Crippen molar-refractivity contribution in [1.82, 2.24) is 14.9 Å². The Bertz CT molecular complexity index is 583. The van der Waals surface area contributed by atoms with Crippen molar-refractivity contribution in [1.29, 1.82) is 0 Å². The molecule has 0 spiro atoms. The maximum absolute atomic E-state index is 5.72. The fourth-order valence-electron chi connectivity index (χ4n) is 2.40. The van der Waals surface area contributed by atoms with Gasteiger partial charge in [-0.2, -0.15) is 0 Å². The van der Waals surface area contributed by atoms with Gasteiger partial charge in [0.15, 0.2) is 10.3 Å². The molecule has 108 valence electrons. The lowest BCUT2D eigenvalue weighted by Gasteiger charge is -2.33. The normalized spacial score (nSPS) is 16.8. The molecule has 0 saturated carbocycles. The second kappa shape index (κ2) is 5.67. The van der Waals surface area contributed by atoms with Crippen LogP contribution in [0.15, 0.2) is 5.38 Å². The molecule has 7 heteroatoms. The lowest BCUT2D eigenvalue weighted by molar-refractivity contribution is 0.271.